The zero-order valence-corrected chi connectivity index (χ0v) is 10.6. The van der Waals surface area contributed by atoms with Crippen molar-refractivity contribution in [3.8, 4) is 5.88 Å². The van der Waals surface area contributed by atoms with Crippen LogP contribution >= 0.6 is 0 Å². The topological polar surface area (TPSA) is 76.8 Å². The van der Waals surface area contributed by atoms with Crippen LogP contribution in [0.5, 0.6) is 5.88 Å². The van der Waals surface area contributed by atoms with E-state index in [1.807, 2.05) is 36.4 Å². The van der Waals surface area contributed by atoms with Gasteiger partial charge in [-0.3, -0.25) is 0 Å². The third kappa shape index (κ3) is 2.35. The second-order valence-electron chi connectivity index (χ2n) is 4.33. The van der Waals surface area contributed by atoms with E-state index in [1.165, 1.54) is 0 Å². The summed E-state index contributed by atoms with van der Waals surface area (Å²) < 4.78 is 5.08. The van der Waals surface area contributed by atoms with Crippen LogP contribution in [0.1, 0.15) is 11.4 Å². The number of fused-ring (bicyclic) bond motifs is 1. The van der Waals surface area contributed by atoms with Crippen molar-refractivity contribution in [2.24, 2.45) is 0 Å². The van der Waals surface area contributed by atoms with E-state index in [4.69, 9.17) is 10.5 Å². The average Bonchev–Trinajstić information content (AvgIpc) is 2.79. The van der Waals surface area contributed by atoms with Crippen LogP contribution in [0.4, 0.5) is 5.69 Å². The Balaban J connectivity index is 1.93. The molecule has 0 saturated heterocycles. The number of nitrogens with two attached hydrogens (primary N) is 1. The maximum Gasteiger partial charge on any atom is 0.215 e. The van der Waals surface area contributed by atoms with Gasteiger partial charge < -0.3 is 15.5 Å². The quantitative estimate of drug-likeness (QED) is 0.702. The van der Waals surface area contributed by atoms with E-state index in [0.29, 0.717) is 17.9 Å². The van der Waals surface area contributed by atoms with Gasteiger partial charge in [-0.15, -0.1) is 0 Å². The van der Waals surface area contributed by atoms with E-state index in [9.17, 15) is 0 Å². The number of nitrogen functional groups attached to an aromatic ring is 1. The Bertz CT molecular complexity index is 720. The van der Waals surface area contributed by atoms with Crippen molar-refractivity contribution < 1.29 is 4.74 Å². The van der Waals surface area contributed by atoms with Crippen molar-refractivity contribution in [3.63, 3.8) is 0 Å². The molecule has 5 heteroatoms. The van der Waals surface area contributed by atoms with Gasteiger partial charge in [0.1, 0.15) is 5.82 Å². The Labute approximate surface area is 110 Å². The Morgan fingerprint density at radius 3 is 2.89 bits per heavy atom. The first-order valence-corrected chi connectivity index (χ1v) is 5.98. The molecule has 0 fully saturated rings. The van der Waals surface area contributed by atoms with Crippen molar-refractivity contribution in [1.29, 1.82) is 0 Å². The van der Waals surface area contributed by atoms with Crippen LogP contribution in [0.2, 0.25) is 0 Å². The van der Waals surface area contributed by atoms with E-state index in [0.717, 1.165) is 22.6 Å². The number of aromatic amines is 1. The Morgan fingerprint density at radius 2 is 2.11 bits per heavy atom. The largest absolute Gasteiger partial charge is 0.481 e. The predicted octanol–water partition coefficient (Wildman–Crippen LogP) is 2.14. The number of nitrogens with zero attached hydrogens (tertiary/aromatic N) is 2. The van der Waals surface area contributed by atoms with Gasteiger partial charge in [0.05, 0.1) is 12.6 Å². The van der Waals surface area contributed by atoms with Crippen molar-refractivity contribution in [1.82, 2.24) is 15.0 Å². The van der Waals surface area contributed by atoms with Gasteiger partial charge >= 0.3 is 0 Å². The highest BCUT2D eigenvalue weighted by Gasteiger charge is 2.06. The number of anilines is 1. The van der Waals surface area contributed by atoms with Crippen LogP contribution in [0.15, 0.2) is 36.4 Å². The lowest BCUT2D eigenvalue weighted by atomic mass is 10.1. The maximum absolute atomic E-state index is 5.77. The third-order valence-electron chi connectivity index (χ3n) is 2.90. The third-order valence-corrected chi connectivity index (χ3v) is 2.90. The number of pyridine rings is 1. The molecule has 5 nitrogen and oxygen atoms in total. The van der Waals surface area contributed by atoms with E-state index in [-0.39, 0.29) is 0 Å². The van der Waals surface area contributed by atoms with E-state index < -0.39 is 0 Å². The van der Waals surface area contributed by atoms with E-state index in [2.05, 4.69) is 15.0 Å². The number of aromatic nitrogens is 3. The average molecular weight is 254 g/mol. The number of imidazole rings is 1. The molecule has 0 aliphatic rings. The lowest BCUT2D eigenvalue weighted by Gasteiger charge is -1.99. The first-order chi connectivity index (χ1) is 9.24. The van der Waals surface area contributed by atoms with Gasteiger partial charge in [-0.05, 0) is 23.8 Å². The van der Waals surface area contributed by atoms with Gasteiger partial charge in [0.25, 0.3) is 0 Å². The standard InChI is InChI=1S/C14H14N4O/c1-19-13-6-5-11-14(18-13)17-12(16-11)8-9-3-2-4-10(15)7-9/h2-7H,8,15H2,1H3,(H,16,17,18). The van der Waals surface area contributed by atoms with Gasteiger partial charge in [0, 0.05) is 18.2 Å². The Morgan fingerprint density at radius 1 is 1.21 bits per heavy atom. The number of hydrogen-bond acceptors (Lipinski definition) is 4. The monoisotopic (exact) mass is 254 g/mol. The van der Waals surface area contributed by atoms with Crippen LogP contribution in [0.25, 0.3) is 11.2 Å². The first-order valence-electron chi connectivity index (χ1n) is 5.98. The van der Waals surface area contributed by atoms with Gasteiger partial charge in [0.15, 0.2) is 5.65 Å². The molecule has 3 N–H and O–H groups in total. The molecular formula is C14H14N4O. The lowest BCUT2D eigenvalue weighted by Crippen LogP contribution is -1.92. The minimum atomic E-state index is 0.564. The number of H-pyrrole nitrogens is 1. The molecule has 2 aromatic heterocycles. The van der Waals surface area contributed by atoms with E-state index in [1.54, 1.807) is 7.11 Å². The molecule has 0 aliphatic heterocycles. The molecule has 0 spiro atoms. The van der Waals surface area contributed by atoms with Gasteiger partial charge in [-0.1, -0.05) is 12.1 Å². The van der Waals surface area contributed by atoms with E-state index >= 15 is 0 Å². The summed E-state index contributed by atoms with van der Waals surface area (Å²) in [7, 11) is 1.59. The number of hydrogen-bond donors (Lipinski definition) is 2. The summed E-state index contributed by atoms with van der Waals surface area (Å²) in [6, 6.07) is 11.5. The highest BCUT2D eigenvalue weighted by atomic mass is 16.5. The number of benzene rings is 1. The molecular weight excluding hydrogens is 240 g/mol. The fraction of sp³-hybridized carbons (Fsp3) is 0.143. The first kappa shape index (κ1) is 11.5. The van der Waals surface area contributed by atoms with Crippen LogP contribution in [-0.2, 0) is 6.42 Å². The fourth-order valence-electron chi connectivity index (χ4n) is 2.02. The van der Waals surface area contributed by atoms with Crippen molar-refractivity contribution in [2.45, 2.75) is 6.42 Å². The predicted molar refractivity (Wildman–Crippen MR) is 74.1 cm³/mol. The summed E-state index contributed by atoms with van der Waals surface area (Å²) in [6.07, 6.45) is 0.698. The second-order valence-corrected chi connectivity index (χ2v) is 4.33. The molecule has 0 aliphatic carbocycles. The Kier molecular flexibility index (Phi) is 2.79. The molecule has 0 saturated carbocycles. The number of ether oxygens (including phenoxy) is 1. The van der Waals surface area contributed by atoms with Crippen LogP contribution in [0, 0.1) is 0 Å². The van der Waals surface area contributed by atoms with Gasteiger partial charge in [-0.2, -0.15) is 4.98 Å². The minimum Gasteiger partial charge on any atom is -0.481 e. The SMILES string of the molecule is COc1ccc2[nH]c(Cc3cccc(N)c3)nc2n1. The highest BCUT2D eigenvalue weighted by molar-refractivity contribution is 5.71. The molecule has 0 bridgehead atoms. The summed E-state index contributed by atoms with van der Waals surface area (Å²) >= 11 is 0. The van der Waals surface area contributed by atoms with Crippen LogP contribution in [-0.4, -0.2) is 22.1 Å². The molecule has 3 rings (SSSR count). The van der Waals surface area contributed by atoms with Crippen molar-refractivity contribution >= 4 is 16.9 Å². The molecule has 3 aromatic rings. The lowest BCUT2D eigenvalue weighted by molar-refractivity contribution is 0.399. The van der Waals surface area contributed by atoms with Crippen molar-refractivity contribution in [2.75, 3.05) is 12.8 Å². The summed E-state index contributed by atoms with van der Waals surface area (Å²) in [5, 5.41) is 0. The maximum atomic E-state index is 5.77. The minimum absolute atomic E-state index is 0.564. The zero-order valence-electron chi connectivity index (χ0n) is 10.6. The van der Waals surface area contributed by atoms with Crippen LogP contribution < -0.4 is 10.5 Å². The summed E-state index contributed by atoms with van der Waals surface area (Å²) in [5.74, 6) is 1.43. The molecule has 2 heterocycles. The molecule has 0 amide bonds. The molecule has 1 aromatic carbocycles. The number of rotatable bonds is 3. The molecule has 0 unspecified atom stereocenters. The molecule has 96 valence electrons. The summed E-state index contributed by atoms with van der Waals surface area (Å²) in [6.45, 7) is 0. The number of nitrogens with one attached hydrogen (secondary N) is 1. The van der Waals surface area contributed by atoms with Crippen LogP contribution in [0.3, 0.4) is 0 Å². The normalized spacial score (nSPS) is 10.8. The summed E-state index contributed by atoms with van der Waals surface area (Å²) in [5.41, 5.74) is 9.21. The fourth-order valence-corrected chi connectivity index (χ4v) is 2.02. The number of methoxy groups -OCH3 is 1. The smallest absolute Gasteiger partial charge is 0.215 e. The summed E-state index contributed by atoms with van der Waals surface area (Å²) in [4.78, 5) is 12.0. The zero-order chi connectivity index (χ0) is 13.2. The second kappa shape index (κ2) is 4.61. The van der Waals surface area contributed by atoms with Gasteiger partial charge in [-0.25, -0.2) is 4.98 Å². The molecule has 0 atom stereocenters. The Hall–Kier alpha value is -2.56. The van der Waals surface area contributed by atoms with Crippen molar-refractivity contribution in [3.05, 3.63) is 47.8 Å². The van der Waals surface area contributed by atoms with Gasteiger partial charge in [0.2, 0.25) is 5.88 Å². The highest BCUT2D eigenvalue weighted by Crippen LogP contribution is 2.16. The molecule has 0 radical (unpaired) electrons. The molecule has 19 heavy (non-hydrogen) atoms.